The summed E-state index contributed by atoms with van der Waals surface area (Å²) in [5.41, 5.74) is 7.87. The Morgan fingerprint density at radius 1 is 1.22 bits per heavy atom. The highest BCUT2D eigenvalue weighted by molar-refractivity contribution is 5.94. The average Bonchev–Trinajstić information content (AvgIpc) is 3.22. The normalized spacial score (nSPS) is 10.7. The molecule has 0 bridgehead atoms. The van der Waals surface area contributed by atoms with Crippen LogP contribution in [-0.2, 0) is 17.6 Å². The Morgan fingerprint density at radius 3 is 2.83 bits per heavy atom. The number of hydrazine groups is 1. The number of fused-ring (bicyclic) bond motifs is 1. The summed E-state index contributed by atoms with van der Waals surface area (Å²) < 4.78 is 5.50. The number of aromatic amines is 1. The smallest absolute Gasteiger partial charge is 0.286 e. The van der Waals surface area contributed by atoms with E-state index < -0.39 is 5.91 Å². The van der Waals surface area contributed by atoms with Crippen molar-refractivity contribution in [3.8, 4) is 0 Å². The van der Waals surface area contributed by atoms with E-state index in [-0.39, 0.29) is 12.3 Å². The van der Waals surface area contributed by atoms with Gasteiger partial charge in [0.15, 0.2) is 0 Å². The van der Waals surface area contributed by atoms with Crippen LogP contribution in [-0.4, -0.2) is 16.8 Å². The summed E-state index contributed by atoms with van der Waals surface area (Å²) >= 11 is 0. The van der Waals surface area contributed by atoms with E-state index in [0.717, 1.165) is 23.0 Å². The predicted octanol–water partition coefficient (Wildman–Crippen LogP) is 2.33. The van der Waals surface area contributed by atoms with Gasteiger partial charge in [0.05, 0.1) is 12.7 Å². The van der Waals surface area contributed by atoms with Gasteiger partial charge >= 0.3 is 0 Å². The van der Waals surface area contributed by atoms with Crippen molar-refractivity contribution in [3.63, 3.8) is 0 Å². The Balaban J connectivity index is 1.63. The molecule has 3 N–H and O–H groups in total. The van der Waals surface area contributed by atoms with Gasteiger partial charge in [-0.05, 0) is 30.2 Å². The molecular formula is C17H17N3O3. The van der Waals surface area contributed by atoms with Crippen LogP contribution in [0.15, 0.2) is 47.2 Å². The molecular weight excluding hydrogens is 294 g/mol. The summed E-state index contributed by atoms with van der Waals surface area (Å²) in [5.74, 6) is -0.708. The monoisotopic (exact) mass is 311 g/mol. The van der Waals surface area contributed by atoms with Crippen LogP contribution < -0.4 is 10.9 Å². The molecule has 6 nitrogen and oxygen atoms in total. The van der Waals surface area contributed by atoms with Crippen molar-refractivity contribution in [3.05, 3.63) is 59.6 Å². The third-order valence-electron chi connectivity index (χ3n) is 3.64. The summed E-state index contributed by atoms with van der Waals surface area (Å²) in [4.78, 5) is 26.5. The summed E-state index contributed by atoms with van der Waals surface area (Å²) in [5, 5.41) is 0.910. The van der Waals surface area contributed by atoms with Gasteiger partial charge in [-0.3, -0.25) is 20.4 Å². The molecule has 6 heteroatoms. The molecule has 0 fully saturated rings. The molecule has 118 valence electrons. The fourth-order valence-corrected chi connectivity index (χ4v) is 2.37. The topological polar surface area (TPSA) is 87.1 Å². The first kappa shape index (κ1) is 14.9. The van der Waals surface area contributed by atoms with Crippen molar-refractivity contribution >= 4 is 22.8 Å². The highest BCUT2D eigenvalue weighted by atomic mass is 16.3. The number of nitrogens with one attached hydrogen (secondary N) is 3. The summed E-state index contributed by atoms with van der Waals surface area (Å²) in [6, 6.07) is 9.28. The number of hydrogen-bond donors (Lipinski definition) is 3. The lowest BCUT2D eigenvalue weighted by molar-refractivity contribution is -0.121. The predicted molar refractivity (Wildman–Crippen MR) is 85.7 cm³/mol. The molecule has 2 aromatic heterocycles. The minimum atomic E-state index is -0.395. The number of carbonyl (C=O) groups is 2. The van der Waals surface area contributed by atoms with Gasteiger partial charge in [-0.25, -0.2) is 0 Å². The van der Waals surface area contributed by atoms with E-state index in [1.54, 1.807) is 24.6 Å². The summed E-state index contributed by atoms with van der Waals surface area (Å²) in [6.45, 7) is 2.07. The van der Waals surface area contributed by atoms with Crippen LogP contribution >= 0.6 is 0 Å². The molecule has 0 saturated carbocycles. The van der Waals surface area contributed by atoms with Crippen molar-refractivity contribution in [2.45, 2.75) is 19.8 Å². The molecule has 0 aliphatic heterocycles. The zero-order valence-electron chi connectivity index (χ0n) is 12.7. The van der Waals surface area contributed by atoms with Crippen LogP contribution in [0.1, 0.15) is 28.5 Å². The van der Waals surface area contributed by atoms with Crippen LogP contribution in [0.2, 0.25) is 0 Å². The first-order chi connectivity index (χ1) is 11.2. The second-order valence-electron chi connectivity index (χ2n) is 5.21. The number of rotatable bonds is 4. The summed E-state index contributed by atoms with van der Waals surface area (Å²) in [6.07, 6.45) is 4.27. The molecule has 23 heavy (non-hydrogen) atoms. The maximum Gasteiger partial charge on any atom is 0.286 e. The van der Waals surface area contributed by atoms with Gasteiger partial charge in [0.25, 0.3) is 5.91 Å². The Kier molecular flexibility index (Phi) is 4.14. The van der Waals surface area contributed by atoms with Gasteiger partial charge in [-0.1, -0.05) is 19.1 Å². The van der Waals surface area contributed by atoms with Crippen molar-refractivity contribution in [1.29, 1.82) is 0 Å². The van der Waals surface area contributed by atoms with Crippen LogP contribution in [0, 0.1) is 0 Å². The van der Waals surface area contributed by atoms with E-state index in [9.17, 15) is 9.59 Å². The third-order valence-corrected chi connectivity index (χ3v) is 3.64. The lowest BCUT2D eigenvalue weighted by Crippen LogP contribution is -2.42. The first-order valence-electron chi connectivity index (χ1n) is 7.39. The molecule has 0 spiro atoms. The number of carbonyl (C=O) groups excluding carboxylic acids is 2. The SMILES string of the molecule is CCc1ccc2c(CC(=O)NNC(=O)c3ccc[nH]3)coc2c1. The highest BCUT2D eigenvalue weighted by Gasteiger charge is 2.12. The Hall–Kier alpha value is -3.02. The molecule has 0 aliphatic rings. The second-order valence-corrected chi connectivity index (χ2v) is 5.21. The number of amides is 2. The van der Waals surface area contributed by atoms with Crippen LogP contribution in [0.25, 0.3) is 11.0 Å². The van der Waals surface area contributed by atoms with E-state index >= 15 is 0 Å². The van der Waals surface area contributed by atoms with E-state index in [4.69, 9.17) is 4.42 Å². The van der Waals surface area contributed by atoms with Gasteiger partial charge in [0.1, 0.15) is 11.3 Å². The maximum atomic E-state index is 12.0. The minimum absolute atomic E-state index is 0.128. The average molecular weight is 311 g/mol. The van der Waals surface area contributed by atoms with Crippen LogP contribution in [0.5, 0.6) is 0 Å². The molecule has 3 rings (SSSR count). The quantitative estimate of drug-likeness (QED) is 0.646. The van der Waals surface area contributed by atoms with E-state index in [2.05, 4.69) is 22.8 Å². The Morgan fingerprint density at radius 2 is 2.09 bits per heavy atom. The van der Waals surface area contributed by atoms with Gasteiger partial charge in [-0.2, -0.15) is 0 Å². The lowest BCUT2D eigenvalue weighted by Gasteiger charge is -2.05. The number of benzene rings is 1. The fourth-order valence-electron chi connectivity index (χ4n) is 2.37. The first-order valence-corrected chi connectivity index (χ1v) is 7.39. The number of aryl methyl sites for hydroxylation is 1. The van der Waals surface area contributed by atoms with Gasteiger partial charge < -0.3 is 9.40 Å². The number of furan rings is 1. The molecule has 1 aromatic carbocycles. The van der Waals surface area contributed by atoms with Crippen molar-refractivity contribution < 1.29 is 14.0 Å². The fraction of sp³-hybridized carbons (Fsp3) is 0.176. The molecule has 3 aromatic rings. The van der Waals surface area contributed by atoms with E-state index in [1.807, 2.05) is 18.2 Å². The van der Waals surface area contributed by atoms with Gasteiger partial charge in [-0.15, -0.1) is 0 Å². The van der Waals surface area contributed by atoms with Crippen molar-refractivity contribution in [2.75, 3.05) is 0 Å². The van der Waals surface area contributed by atoms with Crippen LogP contribution in [0.4, 0.5) is 0 Å². The standard InChI is InChI=1S/C17H17N3O3/c1-2-11-5-6-13-12(10-23-15(13)8-11)9-16(21)19-20-17(22)14-4-3-7-18-14/h3-8,10,18H,2,9H2,1H3,(H,19,21)(H,20,22). The summed E-state index contributed by atoms with van der Waals surface area (Å²) in [7, 11) is 0. The molecule has 2 amide bonds. The van der Waals surface area contributed by atoms with Crippen LogP contribution in [0.3, 0.4) is 0 Å². The molecule has 0 unspecified atom stereocenters. The minimum Gasteiger partial charge on any atom is -0.464 e. The van der Waals surface area contributed by atoms with Gasteiger partial charge in [0.2, 0.25) is 5.91 Å². The molecule has 0 saturated heterocycles. The largest absolute Gasteiger partial charge is 0.464 e. The number of hydrogen-bond acceptors (Lipinski definition) is 3. The number of H-pyrrole nitrogens is 1. The molecule has 0 atom stereocenters. The highest BCUT2D eigenvalue weighted by Crippen LogP contribution is 2.23. The van der Waals surface area contributed by atoms with E-state index in [1.165, 1.54) is 5.56 Å². The second kappa shape index (κ2) is 6.39. The third kappa shape index (κ3) is 3.26. The molecule has 0 radical (unpaired) electrons. The zero-order chi connectivity index (χ0) is 16.2. The molecule has 2 heterocycles. The lowest BCUT2D eigenvalue weighted by atomic mass is 10.1. The van der Waals surface area contributed by atoms with Crippen molar-refractivity contribution in [1.82, 2.24) is 15.8 Å². The van der Waals surface area contributed by atoms with E-state index in [0.29, 0.717) is 5.69 Å². The Bertz CT molecular complexity index is 834. The molecule has 0 aliphatic carbocycles. The number of aromatic nitrogens is 1. The Labute approximate surface area is 132 Å². The van der Waals surface area contributed by atoms with Crippen molar-refractivity contribution in [2.24, 2.45) is 0 Å². The van der Waals surface area contributed by atoms with Gasteiger partial charge in [0, 0.05) is 17.1 Å². The zero-order valence-corrected chi connectivity index (χ0v) is 12.7. The maximum absolute atomic E-state index is 12.0.